The van der Waals surface area contributed by atoms with Gasteiger partial charge in [-0.2, -0.15) is 0 Å². The van der Waals surface area contributed by atoms with Gasteiger partial charge in [0.2, 0.25) is 5.91 Å². The Balaban J connectivity index is 2.34. The van der Waals surface area contributed by atoms with Gasteiger partial charge in [0.05, 0.1) is 13.0 Å². The molecule has 0 saturated carbocycles. The number of nitrogens with one attached hydrogen (secondary N) is 2. The number of carbonyl (C=O) groups is 2. The molecule has 0 unspecified atom stereocenters. The van der Waals surface area contributed by atoms with Crippen LogP contribution < -0.4 is 21.3 Å². The summed E-state index contributed by atoms with van der Waals surface area (Å²) in [6, 6.07) is 7.26. The summed E-state index contributed by atoms with van der Waals surface area (Å²) in [5, 5.41) is 2.66. The molecule has 4 N–H and O–H groups in total. The molecule has 0 bridgehead atoms. The molecule has 0 saturated heterocycles. The van der Waals surface area contributed by atoms with Crippen molar-refractivity contribution in [3.05, 3.63) is 29.8 Å². The number of carbonyl (C=O) groups excluding carboxylic acids is 2. The van der Waals surface area contributed by atoms with Crippen molar-refractivity contribution < 1.29 is 19.1 Å². The summed E-state index contributed by atoms with van der Waals surface area (Å²) in [5.74, 6) is 5.44. The van der Waals surface area contributed by atoms with Gasteiger partial charge in [0, 0.05) is 12.1 Å². The molecule has 7 nitrogen and oxygen atoms in total. The van der Waals surface area contributed by atoms with Gasteiger partial charge in [-0.1, -0.05) is 18.2 Å². The van der Waals surface area contributed by atoms with Crippen LogP contribution in [0.25, 0.3) is 0 Å². The number of nitrogens with two attached hydrogens (primary N) is 1. The number of amides is 2. The fourth-order valence-corrected chi connectivity index (χ4v) is 1.77. The van der Waals surface area contributed by atoms with Crippen LogP contribution in [0.4, 0.5) is 4.79 Å². The number of ether oxygens (including phenoxy) is 2. The van der Waals surface area contributed by atoms with Gasteiger partial charge in [-0.15, -0.1) is 0 Å². The maximum Gasteiger partial charge on any atom is 0.407 e. The van der Waals surface area contributed by atoms with Gasteiger partial charge in [-0.05, 0) is 33.3 Å². The number of para-hydroxylation sites is 1. The molecule has 0 radical (unpaired) electrons. The maximum atomic E-state index is 11.5. The van der Waals surface area contributed by atoms with E-state index < -0.39 is 11.7 Å². The van der Waals surface area contributed by atoms with E-state index in [1.54, 1.807) is 6.07 Å². The molecule has 128 valence electrons. The smallest absolute Gasteiger partial charge is 0.407 e. The third-order valence-electron chi connectivity index (χ3n) is 2.73. The van der Waals surface area contributed by atoms with Crippen molar-refractivity contribution in [2.24, 2.45) is 5.84 Å². The number of rotatable bonds is 7. The van der Waals surface area contributed by atoms with E-state index in [1.165, 1.54) is 0 Å². The van der Waals surface area contributed by atoms with E-state index in [2.05, 4.69) is 10.7 Å². The number of alkyl carbamates (subject to hydrolysis) is 1. The van der Waals surface area contributed by atoms with Crippen molar-refractivity contribution in [3.63, 3.8) is 0 Å². The van der Waals surface area contributed by atoms with E-state index in [4.69, 9.17) is 15.3 Å². The number of benzene rings is 1. The lowest BCUT2D eigenvalue weighted by molar-refractivity contribution is -0.120. The van der Waals surface area contributed by atoms with Crippen LogP contribution in [0.3, 0.4) is 0 Å². The Morgan fingerprint density at radius 2 is 1.91 bits per heavy atom. The molecular formula is C16H25N3O4. The molecule has 0 aliphatic rings. The Morgan fingerprint density at radius 1 is 1.22 bits per heavy atom. The summed E-state index contributed by atoms with van der Waals surface area (Å²) < 4.78 is 10.8. The molecule has 23 heavy (non-hydrogen) atoms. The molecule has 0 aliphatic heterocycles. The Morgan fingerprint density at radius 3 is 2.57 bits per heavy atom. The summed E-state index contributed by atoms with van der Waals surface area (Å²) in [4.78, 5) is 22.8. The van der Waals surface area contributed by atoms with Crippen molar-refractivity contribution >= 4 is 12.0 Å². The second kappa shape index (κ2) is 8.99. The van der Waals surface area contributed by atoms with Crippen LogP contribution in [0, 0.1) is 0 Å². The van der Waals surface area contributed by atoms with Crippen LogP contribution >= 0.6 is 0 Å². The molecule has 1 aromatic carbocycles. The van der Waals surface area contributed by atoms with E-state index in [9.17, 15) is 9.59 Å². The quantitative estimate of drug-likeness (QED) is 0.305. The number of hydrogen-bond acceptors (Lipinski definition) is 5. The predicted molar refractivity (Wildman–Crippen MR) is 86.8 cm³/mol. The van der Waals surface area contributed by atoms with Gasteiger partial charge >= 0.3 is 6.09 Å². The molecule has 2 amide bonds. The van der Waals surface area contributed by atoms with Gasteiger partial charge in [-0.25, -0.2) is 10.6 Å². The third-order valence-corrected chi connectivity index (χ3v) is 2.73. The van der Waals surface area contributed by atoms with Crippen molar-refractivity contribution in [1.82, 2.24) is 10.7 Å². The summed E-state index contributed by atoms with van der Waals surface area (Å²) in [7, 11) is 0. The highest BCUT2D eigenvalue weighted by atomic mass is 16.6. The zero-order chi connectivity index (χ0) is 17.3. The summed E-state index contributed by atoms with van der Waals surface area (Å²) in [6.07, 6.45) is 0.331. The van der Waals surface area contributed by atoms with Gasteiger partial charge in [-0.3, -0.25) is 10.2 Å². The first kappa shape index (κ1) is 18.8. The number of hydrogen-bond donors (Lipinski definition) is 3. The minimum Gasteiger partial charge on any atom is -0.493 e. The van der Waals surface area contributed by atoms with E-state index in [0.29, 0.717) is 25.3 Å². The lowest BCUT2D eigenvalue weighted by Crippen LogP contribution is -2.33. The first-order valence-electron chi connectivity index (χ1n) is 7.49. The van der Waals surface area contributed by atoms with E-state index in [0.717, 1.165) is 5.56 Å². The van der Waals surface area contributed by atoms with Crippen LogP contribution in [0.15, 0.2) is 24.3 Å². The van der Waals surface area contributed by atoms with Crippen LogP contribution in [0.2, 0.25) is 0 Å². The first-order valence-corrected chi connectivity index (χ1v) is 7.49. The molecule has 0 aromatic heterocycles. The van der Waals surface area contributed by atoms with Gasteiger partial charge in [0.25, 0.3) is 0 Å². The van der Waals surface area contributed by atoms with E-state index in [1.807, 2.05) is 39.0 Å². The highest BCUT2D eigenvalue weighted by molar-refractivity contribution is 5.78. The van der Waals surface area contributed by atoms with Crippen LogP contribution in [-0.2, 0) is 16.0 Å². The highest BCUT2D eigenvalue weighted by Crippen LogP contribution is 2.18. The van der Waals surface area contributed by atoms with Crippen molar-refractivity contribution in [1.29, 1.82) is 0 Å². The predicted octanol–water partition coefficient (Wildman–Crippen LogP) is 1.51. The fraction of sp³-hybridized carbons (Fsp3) is 0.500. The average Bonchev–Trinajstić information content (AvgIpc) is 2.46. The largest absolute Gasteiger partial charge is 0.493 e. The summed E-state index contributed by atoms with van der Waals surface area (Å²) in [5.41, 5.74) is 2.34. The fourth-order valence-electron chi connectivity index (χ4n) is 1.77. The normalized spacial score (nSPS) is 10.8. The highest BCUT2D eigenvalue weighted by Gasteiger charge is 2.15. The Hall–Kier alpha value is -2.28. The van der Waals surface area contributed by atoms with Gasteiger partial charge < -0.3 is 14.8 Å². The zero-order valence-electron chi connectivity index (χ0n) is 13.8. The van der Waals surface area contributed by atoms with Gasteiger partial charge in [0.1, 0.15) is 11.4 Å². The molecule has 1 aromatic rings. The number of hydrazine groups is 1. The SMILES string of the molecule is CC(C)(C)OC(=O)NCCCOc1ccccc1CC(=O)NN. The average molecular weight is 323 g/mol. The molecule has 1 rings (SSSR count). The van der Waals surface area contributed by atoms with E-state index in [-0.39, 0.29) is 12.3 Å². The lowest BCUT2D eigenvalue weighted by atomic mass is 10.1. The molecule has 0 heterocycles. The first-order chi connectivity index (χ1) is 10.8. The Kier molecular flexibility index (Phi) is 7.34. The van der Waals surface area contributed by atoms with Crippen LogP contribution in [0.1, 0.15) is 32.8 Å². The second-order valence-corrected chi connectivity index (χ2v) is 5.98. The minimum absolute atomic E-state index is 0.156. The molecule has 0 fully saturated rings. The Bertz CT molecular complexity index is 526. The van der Waals surface area contributed by atoms with Crippen LogP contribution in [-0.4, -0.2) is 30.8 Å². The molecular weight excluding hydrogens is 298 g/mol. The van der Waals surface area contributed by atoms with Crippen molar-refractivity contribution in [3.8, 4) is 5.75 Å². The molecule has 0 spiro atoms. The lowest BCUT2D eigenvalue weighted by Gasteiger charge is -2.19. The third kappa shape index (κ3) is 8.06. The topological polar surface area (TPSA) is 103 Å². The standard InChI is InChI=1S/C16H25N3O4/c1-16(2,3)23-15(21)18-9-6-10-22-13-8-5-4-7-12(13)11-14(20)19-17/h4-5,7-8H,6,9-11,17H2,1-3H3,(H,18,21)(H,19,20). The second-order valence-electron chi connectivity index (χ2n) is 5.98. The van der Waals surface area contributed by atoms with E-state index >= 15 is 0 Å². The van der Waals surface area contributed by atoms with Crippen LogP contribution in [0.5, 0.6) is 5.75 Å². The zero-order valence-corrected chi connectivity index (χ0v) is 13.8. The summed E-state index contributed by atoms with van der Waals surface area (Å²) in [6.45, 7) is 6.29. The minimum atomic E-state index is -0.511. The Labute approximate surface area is 136 Å². The molecule has 0 atom stereocenters. The maximum absolute atomic E-state index is 11.5. The summed E-state index contributed by atoms with van der Waals surface area (Å²) >= 11 is 0. The molecule has 0 aliphatic carbocycles. The van der Waals surface area contributed by atoms with Crippen molar-refractivity contribution in [2.45, 2.75) is 39.2 Å². The monoisotopic (exact) mass is 323 g/mol. The van der Waals surface area contributed by atoms with Crippen molar-refractivity contribution in [2.75, 3.05) is 13.2 Å². The molecule has 7 heteroatoms. The van der Waals surface area contributed by atoms with Gasteiger partial charge in [0.15, 0.2) is 0 Å².